The molecular formula is C14H11Cl3N2O. The summed E-state index contributed by atoms with van der Waals surface area (Å²) in [4.78, 5) is 16.1. The third-order valence-electron chi connectivity index (χ3n) is 2.76. The minimum absolute atomic E-state index is 0.0426. The summed E-state index contributed by atoms with van der Waals surface area (Å²) in [6.07, 6.45) is 1.30. The lowest BCUT2D eigenvalue weighted by molar-refractivity contribution is 0.102. The van der Waals surface area contributed by atoms with Crippen LogP contribution in [0.1, 0.15) is 21.6 Å². The van der Waals surface area contributed by atoms with E-state index >= 15 is 0 Å². The number of halogens is 3. The maximum absolute atomic E-state index is 12.2. The number of rotatable bonds is 2. The van der Waals surface area contributed by atoms with Gasteiger partial charge in [-0.25, -0.2) is 4.98 Å². The minimum atomic E-state index is -0.430. The van der Waals surface area contributed by atoms with Gasteiger partial charge in [0, 0.05) is 11.9 Å². The molecular weight excluding hydrogens is 319 g/mol. The topological polar surface area (TPSA) is 42.0 Å². The molecule has 0 aliphatic heterocycles. The summed E-state index contributed by atoms with van der Waals surface area (Å²) in [5, 5.41) is 3.12. The van der Waals surface area contributed by atoms with Crippen molar-refractivity contribution in [1.29, 1.82) is 0 Å². The fourth-order valence-electron chi connectivity index (χ4n) is 1.74. The van der Waals surface area contributed by atoms with Crippen LogP contribution in [0.3, 0.4) is 0 Å². The maximum atomic E-state index is 12.2. The predicted molar refractivity (Wildman–Crippen MR) is 83.1 cm³/mol. The molecule has 0 aliphatic carbocycles. The Morgan fingerprint density at radius 1 is 1.15 bits per heavy atom. The highest BCUT2D eigenvalue weighted by Crippen LogP contribution is 2.31. The van der Waals surface area contributed by atoms with E-state index in [1.165, 1.54) is 6.20 Å². The fraction of sp³-hybridized carbons (Fsp3) is 0.143. The van der Waals surface area contributed by atoms with Gasteiger partial charge in [-0.2, -0.15) is 0 Å². The molecule has 104 valence electrons. The Morgan fingerprint density at radius 2 is 1.85 bits per heavy atom. The zero-order valence-corrected chi connectivity index (χ0v) is 13.1. The molecule has 0 radical (unpaired) electrons. The van der Waals surface area contributed by atoms with E-state index in [1.54, 1.807) is 0 Å². The summed E-state index contributed by atoms with van der Waals surface area (Å²) in [6.45, 7) is 3.89. The van der Waals surface area contributed by atoms with E-state index in [2.05, 4.69) is 10.3 Å². The first-order valence-electron chi connectivity index (χ1n) is 5.78. The largest absolute Gasteiger partial charge is 0.320 e. The Balaban J connectivity index is 2.31. The molecule has 0 saturated carbocycles. The number of aromatic nitrogens is 1. The highest BCUT2D eigenvalue weighted by molar-refractivity contribution is 6.49. The van der Waals surface area contributed by atoms with Crippen molar-refractivity contribution in [3.05, 3.63) is 56.3 Å². The van der Waals surface area contributed by atoms with E-state index in [1.807, 2.05) is 32.0 Å². The van der Waals surface area contributed by atoms with Crippen LogP contribution in [0.4, 0.5) is 5.69 Å². The molecule has 0 saturated heterocycles. The summed E-state index contributed by atoms with van der Waals surface area (Å²) >= 11 is 17.7. The van der Waals surface area contributed by atoms with Crippen LogP contribution in [-0.2, 0) is 0 Å². The summed E-state index contributed by atoms with van der Waals surface area (Å²) in [5.74, 6) is -0.430. The molecule has 1 aromatic carbocycles. The first-order chi connectivity index (χ1) is 9.40. The second kappa shape index (κ2) is 6.00. The number of carbonyl (C=O) groups excluding carboxylic acids is 1. The number of nitrogens with zero attached hydrogens (tertiary/aromatic N) is 1. The van der Waals surface area contributed by atoms with Crippen molar-refractivity contribution in [1.82, 2.24) is 4.98 Å². The van der Waals surface area contributed by atoms with Crippen LogP contribution in [0.25, 0.3) is 0 Å². The molecule has 20 heavy (non-hydrogen) atoms. The Kier molecular flexibility index (Phi) is 4.53. The van der Waals surface area contributed by atoms with Gasteiger partial charge in [0.2, 0.25) is 0 Å². The lowest BCUT2D eigenvalue weighted by Gasteiger charge is -2.10. The molecule has 0 aliphatic rings. The summed E-state index contributed by atoms with van der Waals surface area (Å²) in [5.41, 5.74) is 2.81. The average molecular weight is 330 g/mol. The Morgan fingerprint density at radius 3 is 2.50 bits per heavy atom. The number of hydrogen-bond donors (Lipinski definition) is 1. The van der Waals surface area contributed by atoms with E-state index in [9.17, 15) is 4.79 Å². The molecule has 6 heteroatoms. The molecule has 1 N–H and O–H groups in total. The number of benzene rings is 1. The Bertz CT molecular complexity index is 686. The van der Waals surface area contributed by atoms with Crippen molar-refractivity contribution in [3.8, 4) is 0 Å². The van der Waals surface area contributed by atoms with E-state index in [4.69, 9.17) is 34.8 Å². The van der Waals surface area contributed by atoms with Gasteiger partial charge < -0.3 is 5.32 Å². The molecule has 2 aromatic rings. The molecule has 2 rings (SSSR count). The molecule has 0 fully saturated rings. The van der Waals surface area contributed by atoms with Gasteiger partial charge in [-0.05, 0) is 25.5 Å². The first-order valence-corrected chi connectivity index (χ1v) is 6.91. The monoisotopic (exact) mass is 328 g/mol. The lowest BCUT2D eigenvalue weighted by Crippen LogP contribution is -2.15. The summed E-state index contributed by atoms with van der Waals surface area (Å²) in [7, 11) is 0. The van der Waals surface area contributed by atoms with Crippen molar-refractivity contribution < 1.29 is 4.79 Å². The van der Waals surface area contributed by atoms with Crippen LogP contribution in [0.2, 0.25) is 15.1 Å². The van der Waals surface area contributed by atoms with E-state index in [0.717, 1.165) is 11.1 Å². The number of anilines is 1. The van der Waals surface area contributed by atoms with Gasteiger partial charge >= 0.3 is 0 Å². The third-order valence-corrected chi connectivity index (χ3v) is 4.00. The van der Waals surface area contributed by atoms with Gasteiger partial charge in [0.15, 0.2) is 0 Å². The molecule has 3 nitrogen and oxygen atoms in total. The zero-order valence-electron chi connectivity index (χ0n) is 10.8. The van der Waals surface area contributed by atoms with Crippen molar-refractivity contribution in [2.24, 2.45) is 0 Å². The number of hydrogen-bond acceptors (Lipinski definition) is 2. The number of pyridine rings is 1. The average Bonchev–Trinajstić information content (AvgIpc) is 2.39. The molecule has 1 amide bonds. The Labute approximate surface area is 131 Å². The molecule has 0 atom stereocenters. The third kappa shape index (κ3) is 3.06. The van der Waals surface area contributed by atoms with E-state index in [-0.39, 0.29) is 20.8 Å². The van der Waals surface area contributed by atoms with Crippen molar-refractivity contribution in [2.75, 3.05) is 5.32 Å². The quantitative estimate of drug-likeness (QED) is 0.850. The van der Waals surface area contributed by atoms with Crippen LogP contribution >= 0.6 is 34.8 Å². The molecule has 1 aromatic heterocycles. The number of aryl methyl sites for hydroxylation is 2. The van der Waals surface area contributed by atoms with Gasteiger partial charge in [-0.3, -0.25) is 4.79 Å². The number of amides is 1. The van der Waals surface area contributed by atoms with E-state index < -0.39 is 5.91 Å². The van der Waals surface area contributed by atoms with Crippen LogP contribution in [0, 0.1) is 13.8 Å². The standard InChI is InChI=1S/C14H11Cl3N2O/c1-7-3-4-10(8(2)5-7)19-14(20)13-12(17)11(16)9(15)6-18-13/h3-6H,1-2H3,(H,19,20). The van der Waals surface area contributed by atoms with E-state index in [0.29, 0.717) is 5.69 Å². The van der Waals surface area contributed by atoms with Gasteiger partial charge in [0.1, 0.15) is 5.69 Å². The summed E-state index contributed by atoms with van der Waals surface area (Å²) in [6, 6.07) is 5.71. The van der Waals surface area contributed by atoms with Gasteiger partial charge in [0.25, 0.3) is 5.91 Å². The number of nitrogens with one attached hydrogen (secondary N) is 1. The Hall–Kier alpha value is -1.29. The minimum Gasteiger partial charge on any atom is -0.320 e. The second-order valence-electron chi connectivity index (χ2n) is 4.36. The summed E-state index contributed by atoms with van der Waals surface area (Å²) < 4.78 is 0. The van der Waals surface area contributed by atoms with Crippen LogP contribution < -0.4 is 5.32 Å². The first kappa shape index (κ1) is 15.1. The maximum Gasteiger partial charge on any atom is 0.275 e. The van der Waals surface area contributed by atoms with Crippen LogP contribution in [0.5, 0.6) is 0 Å². The smallest absolute Gasteiger partial charge is 0.275 e. The zero-order chi connectivity index (χ0) is 14.9. The molecule has 0 spiro atoms. The van der Waals surface area contributed by atoms with Gasteiger partial charge in [-0.1, -0.05) is 52.5 Å². The molecule has 1 heterocycles. The lowest BCUT2D eigenvalue weighted by atomic mass is 10.1. The predicted octanol–water partition coefficient (Wildman–Crippen LogP) is 4.91. The molecule has 0 bridgehead atoms. The van der Waals surface area contributed by atoms with Crippen molar-refractivity contribution >= 4 is 46.4 Å². The molecule has 0 unspecified atom stereocenters. The van der Waals surface area contributed by atoms with Crippen LogP contribution in [0.15, 0.2) is 24.4 Å². The van der Waals surface area contributed by atoms with Gasteiger partial charge in [-0.15, -0.1) is 0 Å². The van der Waals surface area contributed by atoms with Crippen molar-refractivity contribution in [2.45, 2.75) is 13.8 Å². The van der Waals surface area contributed by atoms with Crippen LogP contribution in [-0.4, -0.2) is 10.9 Å². The normalized spacial score (nSPS) is 10.4. The fourth-order valence-corrected chi connectivity index (χ4v) is 2.30. The van der Waals surface area contributed by atoms with Crippen molar-refractivity contribution in [3.63, 3.8) is 0 Å². The highest BCUT2D eigenvalue weighted by atomic mass is 35.5. The van der Waals surface area contributed by atoms with Gasteiger partial charge in [0.05, 0.1) is 15.1 Å². The number of carbonyl (C=O) groups is 1. The SMILES string of the molecule is Cc1ccc(NC(=O)c2ncc(Cl)c(Cl)c2Cl)c(C)c1. The second-order valence-corrected chi connectivity index (χ2v) is 5.52. The highest BCUT2D eigenvalue weighted by Gasteiger charge is 2.17.